The van der Waals surface area contributed by atoms with E-state index in [1.165, 1.54) is 19.4 Å². The molecule has 0 fully saturated rings. The zero-order valence-corrected chi connectivity index (χ0v) is 11.7. The van der Waals surface area contributed by atoms with Crippen LogP contribution in [-0.2, 0) is 0 Å². The highest BCUT2D eigenvalue weighted by atomic mass is 15.1. The maximum atomic E-state index is 8.99. The summed E-state index contributed by atoms with van der Waals surface area (Å²) in [6.45, 7) is 14.1. The monoisotopic (exact) mass is 224 g/mol. The molecule has 0 aliphatic carbocycles. The Bertz CT molecular complexity index is 211. The molecule has 0 bridgehead atoms. The van der Waals surface area contributed by atoms with Crippen LogP contribution in [0, 0.1) is 22.7 Å². The molecule has 0 aliphatic rings. The first-order valence-corrected chi connectivity index (χ1v) is 6.62. The van der Waals surface area contributed by atoms with E-state index >= 15 is 0 Å². The largest absolute Gasteiger partial charge is 0.303 e. The predicted molar refractivity (Wildman–Crippen MR) is 70.2 cm³/mol. The van der Waals surface area contributed by atoms with Gasteiger partial charge in [-0.25, -0.2) is 0 Å². The Labute approximate surface area is 102 Å². The molecule has 0 unspecified atom stereocenters. The van der Waals surface area contributed by atoms with Gasteiger partial charge in [0.1, 0.15) is 0 Å². The van der Waals surface area contributed by atoms with Gasteiger partial charge < -0.3 is 4.90 Å². The molecule has 0 aliphatic heterocycles. The molecule has 0 amide bonds. The molecular weight excluding hydrogens is 196 g/mol. The second kappa shape index (κ2) is 7.68. The van der Waals surface area contributed by atoms with Gasteiger partial charge in [0.05, 0.1) is 11.5 Å². The van der Waals surface area contributed by atoms with E-state index in [2.05, 4.69) is 31.7 Å². The van der Waals surface area contributed by atoms with Gasteiger partial charge in [-0.15, -0.1) is 0 Å². The summed E-state index contributed by atoms with van der Waals surface area (Å²) in [5.41, 5.74) is -0.179. The Morgan fingerprint density at radius 3 is 2.12 bits per heavy atom. The Balaban J connectivity index is 4.07. The Morgan fingerprint density at radius 1 is 1.19 bits per heavy atom. The normalized spacial score (nSPS) is 12.1. The lowest BCUT2D eigenvalue weighted by molar-refractivity contribution is 0.212. The number of hydrogen-bond acceptors (Lipinski definition) is 2. The molecule has 0 aromatic rings. The summed E-state index contributed by atoms with van der Waals surface area (Å²) in [6, 6.07) is 2.38. The minimum absolute atomic E-state index is 0.179. The minimum atomic E-state index is -0.179. The topological polar surface area (TPSA) is 27.0 Å². The third kappa shape index (κ3) is 6.12. The van der Waals surface area contributed by atoms with Gasteiger partial charge in [-0.3, -0.25) is 0 Å². The van der Waals surface area contributed by atoms with E-state index in [9.17, 15) is 0 Å². The zero-order valence-electron chi connectivity index (χ0n) is 11.7. The Kier molecular flexibility index (Phi) is 7.42. The van der Waals surface area contributed by atoms with Crippen molar-refractivity contribution in [1.29, 1.82) is 5.26 Å². The van der Waals surface area contributed by atoms with Crippen molar-refractivity contribution < 1.29 is 0 Å². The van der Waals surface area contributed by atoms with Crippen LogP contribution in [0.2, 0.25) is 0 Å². The minimum Gasteiger partial charge on any atom is -0.303 e. The van der Waals surface area contributed by atoms with E-state index in [1.54, 1.807) is 0 Å². The van der Waals surface area contributed by atoms with Crippen molar-refractivity contribution in [2.45, 2.75) is 53.9 Å². The van der Waals surface area contributed by atoms with Crippen molar-refractivity contribution in [2.24, 2.45) is 11.3 Å². The highest BCUT2D eigenvalue weighted by molar-refractivity contribution is 4.92. The van der Waals surface area contributed by atoms with Crippen LogP contribution in [0.5, 0.6) is 0 Å². The molecule has 0 spiro atoms. The fourth-order valence-corrected chi connectivity index (χ4v) is 1.78. The molecule has 0 aromatic carbocycles. The molecule has 0 N–H and O–H groups in total. The first kappa shape index (κ1) is 15.4. The SMILES string of the molecule is CCC(CC)CN(CC)CCC(C)(C)C#N. The van der Waals surface area contributed by atoms with E-state index in [-0.39, 0.29) is 5.41 Å². The second-order valence-corrected chi connectivity index (χ2v) is 5.32. The molecule has 0 saturated carbocycles. The van der Waals surface area contributed by atoms with Crippen LogP contribution < -0.4 is 0 Å². The highest BCUT2D eigenvalue weighted by Crippen LogP contribution is 2.19. The molecular formula is C14H28N2. The second-order valence-electron chi connectivity index (χ2n) is 5.32. The third-order valence-corrected chi connectivity index (χ3v) is 3.47. The molecule has 94 valence electrons. The average molecular weight is 224 g/mol. The summed E-state index contributed by atoms with van der Waals surface area (Å²) in [6.07, 6.45) is 3.49. The molecule has 0 aromatic heterocycles. The van der Waals surface area contributed by atoms with E-state index < -0.39 is 0 Å². The highest BCUT2D eigenvalue weighted by Gasteiger charge is 2.18. The first-order valence-electron chi connectivity index (χ1n) is 6.62. The van der Waals surface area contributed by atoms with Crippen LogP contribution in [-0.4, -0.2) is 24.5 Å². The number of hydrogen-bond donors (Lipinski definition) is 0. The van der Waals surface area contributed by atoms with Gasteiger partial charge in [-0.1, -0.05) is 33.6 Å². The van der Waals surface area contributed by atoms with Gasteiger partial charge in [0.2, 0.25) is 0 Å². The van der Waals surface area contributed by atoms with Gasteiger partial charge in [-0.05, 0) is 39.3 Å². The Hall–Kier alpha value is -0.550. The number of nitrogens with zero attached hydrogens (tertiary/aromatic N) is 2. The summed E-state index contributed by atoms with van der Waals surface area (Å²) in [5, 5.41) is 8.99. The van der Waals surface area contributed by atoms with E-state index in [0.717, 1.165) is 25.4 Å². The maximum Gasteiger partial charge on any atom is 0.0684 e. The summed E-state index contributed by atoms with van der Waals surface area (Å²) in [7, 11) is 0. The lowest BCUT2D eigenvalue weighted by atomic mass is 9.91. The first-order chi connectivity index (χ1) is 7.49. The van der Waals surface area contributed by atoms with E-state index in [1.807, 2.05) is 13.8 Å². The molecule has 16 heavy (non-hydrogen) atoms. The maximum absolute atomic E-state index is 8.99. The van der Waals surface area contributed by atoms with Crippen molar-refractivity contribution >= 4 is 0 Å². The predicted octanol–water partition coefficient (Wildman–Crippen LogP) is 3.68. The van der Waals surface area contributed by atoms with Crippen molar-refractivity contribution in [2.75, 3.05) is 19.6 Å². The molecule has 0 rings (SSSR count). The van der Waals surface area contributed by atoms with Crippen molar-refractivity contribution in [1.82, 2.24) is 4.90 Å². The molecule has 0 saturated heterocycles. The van der Waals surface area contributed by atoms with Gasteiger partial charge in [0.15, 0.2) is 0 Å². The average Bonchev–Trinajstić information content (AvgIpc) is 2.29. The standard InChI is InChI=1S/C14H28N2/c1-6-13(7-2)11-16(8-3)10-9-14(4,5)12-15/h13H,6-11H2,1-5H3. The molecule has 2 heteroatoms. The van der Waals surface area contributed by atoms with Crippen LogP contribution in [0.4, 0.5) is 0 Å². The van der Waals surface area contributed by atoms with Crippen LogP contribution >= 0.6 is 0 Å². The van der Waals surface area contributed by atoms with Crippen LogP contribution in [0.25, 0.3) is 0 Å². The fourth-order valence-electron chi connectivity index (χ4n) is 1.78. The fraction of sp³-hybridized carbons (Fsp3) is 0.929. The van der Waals surface area contributed by atoms with Gasteiger partial charge >= 0.3 is 0 Å². The molecule has 0 atom stereocenters. The zero-order chi connectivity index (χ0) is 12.6. The van der Waals surface area contributed by atoms with E-state index in [0.29, 0.717) is 0 Å². The van der Waals surface area contributed by atoms with Crippen LogP contribution in [0.1, 0.15) is 53.9 Å². The van der Waals surface area contributed by atoms with Crippen molar-refractivity contribution in [3.05, 3.63) is 0 Å². The van der Waals surface area contributed by atoms with Gasteiger partial charge in [-0.2, -0.15) is 5.26 Å². The van der Waals surface area contributed by atoms with E-state index in [4.69, 9.17) is 5.26 Å². The quantitative estimate of drug-likeness (QED) is 0.629. The summed E-state index contributed by atoms with van der Waals surface area (Å²) in [4.78, 5) is 2.48. The molecule has 0 heterocycles. The van der Waals surface area contributed by atoms with Crippen LogP contribution in [0.15, 0.2) is 0 Å². The molecule has 0 radical (unpaired) electrons. The third-order valence-electron chi connectivity index (χ3n) is 3.47. The number of rotatable bonds is 8. The smallest absolute Gasteiger partial charge is 0.0684 e. The van der Waals surface area contributed by atoms with Crippen molar-refractivity contribution in [3.63, 3.8) is 0 Å². The molecule has 2 nitrogen and oxygen atoms in total. The lowest BCUT2D eigenvalue weighted by Crippen LogP contribution is -2.32. The van der Waals surface area contributed by atoms with Gasteiger partial charge in [0, 0.05) is 6.54 Å². The number of nitriles is 1. The lowest BCUT2D eigenvalue weighted by Gasteiger charge is -2.27. The van der Waals surface area contributed by atoms with Gasteiger partial charge in [0.25, 0.3) is 0 Å². The summed E-state index contributed by atoms with van der Waals surface area (Å²) in [5.74, 6) is 0.810. The van der Waals surface area contributed by atoms with Crippen LogP contribution in [0.3, 0.4) is 0 Å². The Morgan fingerprint density at radius 2 is 1.75 bits per heavy atom. The summed E-state index contributed by atoms with van der Waals surface area (Å²) >= 11 is 0. The van der Waals surface area contributed by atoms with Crippen molar-refractivity contribution in [3.8, 4) is 6.07 Å². The summed E-state index contributed by atoms with van der Waals surface area (Å²) < 4.78 is 0.